The predicted octanol–water partition coefficient (Wildman–Crippen LogP) is 3.64. The molecule has 0 saturated carbocycles. The Morgan fingerprint density at radius 2 is 1.71 bits per heavy atom. The molecule has 14 heavy (non-hydrogen) atoms. The van der Waals surface area contributed by atoms with Crippen molar-refractivity contribution >= 4 is 0 Å². The summed E-state index contributed by atoms with van der Waals surface area (Å²) in [5, 5.41) is 0. The maximum absolute atomic E-state index is 4.48. The zero-order valence-corrected chi connectivity index (χ0v) is 10.0. The number of aryl methyl sites for hydroxylation is 1. The summed E-state index contributed by atoms with van der Waals surface area (Å²) in [6.07, 6.45) is 4.28. The highest BCUT2D eigenvalue weighted by Gasteiger charge is 2.11. The quantitative estimate of drug-likeness (QED) is 0.711. The fraction of sp³-hybridized carbons (Fsp3) is 0.615. The van der Waals surface area contributed by atoms with E-state index in [0.717, 1.165) is 12.8 Å². The maximum Gasteiger partial charge on any atom is 0.0407 e. The Kier molecular flexibility index (Phi) is 3.68. The van der Waals surface area contributed by atoms with Gasteiger partial charge in [0.1, 0.15) is 0 Å². The molecule has 78 valence electrons. The molecule has 0 unspecified atom stereocenters. The van der Waals surface area contributed by atoms with E-state index >= 15 is 0 Å². The average Bonchev–Trinajstić information content (AvgIpc) is 2.16. The first-order valence-electron chi connectivity index (χ1n) is 5.59. The topological polar surface area (TPSA) is 12.9 Å². The Morgan fingerprint density at radius 3 is 2.14 bits per heavy atom. The van der Waals surface area contributed by atoms with Crippen LogP contribution in [0, 0.1) is 6.92 Å². The molecule has 1 aromatic rings. The Morgan fingerprint density at radius 1 is 1.14 bits per heavy atom. The standard InChI is InChI=1S/C13H21N/c1-6-11-10(5)14-8-13(9(3)4)12(11)7-2/h8-9H,6-7H2,1-5H3. The number of rotatable bonds is 3. The van der Waals surface area contributed by atoms with Gasteiger partial charge in [0.15, 0.2) is 0 Å². The molecule has 0 atom stereocenters. The molecule has 0 saturated heterocycles. The van der Waals surface area contributed by atoms with Crippen LogP contribution in [0.15, 0.2) is 6.20 Å². The second-order valence-electron chi connectivity index (χ2n) is 4.12. The molecule has 1 heteroatoms. The van der Waals surface area contributed by atoms with E-state index in [1.807, 2.05) is 0 Å². The third-order valence-electron chi connectivity index (χ3n) is 2.88. The minimum atomic E-state index is 0.586. The fourth-order valence-corrected chi connectivity index (χ4v) is 2.10. The molecular weight excluding hydrogens is 170 g/mol. The molecular formula is C13H21N. The van der Waals surface area contributed by atoms with Gasteiger partial charge < -0.3 is 0 Å². The van der Waals surface area contributed by atoms with E-state index < -0.39 is 0 Å². The minimum Gasteiger partial charge on any atom is -0.261 e. The molecule has 0 aliphatic carbocycles. The number of nitrogens with zero attached hydrogens (tertiary/aromatic N) is 1. The summed E-state index contributed by atoms with van der Waals surface area (Å²) in [6, 6.07) is 0. The van der Waals surface area contributed by atoms with E-state index in [2.05, 4.69) is 45.8 Å². The molecule has 0 N–H and O–H groups in total. The van der Waals surface area contributed by atoms with Crippen molar-refractivity contribution in [3.63, 3.8) is 0 Å². The fourth-order valence-electron chi connectivity index (χ4n) is 2.10. The van der Waals surface area contributed by atoms with Crippen LogP contribution in [-0.4, -0.2) is 4.98 Å². The number of hydrogen-bond donors (Lipinski definition) is 0. The van der Waals surface area contributed by atoms with Crippen LogP contribution in [0.5, 0.6) is 0 Å². The molecule has 1 heterocycles. The van der Waals surface area contributed by atoms with Crippen LogP contribution < -0.4 is 0 Å². The first-order chi connectivity index (χ1) is 6.61. The Balaban J connectivity index is 3.33. The molecule has 0 aliphatic rings. The van der Waals surface area contributed by atoms with Crippen molar-refractivity contribution in [2.24, 2.45) is 0 Å². The monoisotopic (exact) mass is 191 g/mol. The van der Waals surface area contributed by atoms with Crippen molar-refractivity contribution in [1.82, 2.24) is 4.98 Å². The molecule has 1 aromatic heterocycles. The van der Waals surface area contributed by atoms with Crippen molar-refractivity contribution in [3.05, 3.63) is 28.6 Å². The van der Waals surface area contributed by atoms with Crippen molar-refractivity contribution in [2.45, 2.75) is 53.4 Å². The molecule has 1 nitrogen and oxygen atoms in total. The smallest absolute Gasteiger partial charge is 0.0407 e. The summed E-state index contributed by atoms with van der Waals surface area (Å²) < 4.78 is 0. The Hall–Kier alpha value is -0.850. The normalized spacial score (nSPS) is 11.0. The van der Waals surface area contributed by atoms with Gasteiger partial charge in [0.25, 0.3) is 0 Å². The zero-order valence-electron chi connectivity index (χ0n) is 10.0. The predicted molar refractivity (Wildman–Crippen MR) is 61.8 cm³/mol. The second kappa shape index (κ2) is 4.59. The van der Waals surface area contributed by atoms with Crippen molar-refractivity contribution in [3.8, 4) is 0 Å². The molecule has 0 aromatic carbocycles. The van der Waals surface area contributed by atoms with Gasteiger partial charge in [0.2, 0.25) is 0 Å². The second-order valence-corrected chi connectivity index (χ2v) is 4.12. The summed E-state index contributed by atoms with van der Waals surface area (Å²) in [5.41, 5.74) is 5.61. The van der Waals surface area contributed by atoms with Crippen molar-refractivity contribution < 1.29 is 0 Å². The van der Waals surface area contributed by atoms with E-state index in [1.165, 1.54) is 22.4 Å². The van der Waals surface area contributed by atoms with Crippen LogP contribution in [0.2, 0.25) is 0 Å². The number of pyridine rings is 1. The van der Waals surface area contributed by atoms with Crippen molar-refractivity contribution in [2.75, 3.05) is 0 Å². The SMILES string of the molecule is CCc1c(C(C)C)cnc(C)c1CC. The summed E-state index contributed by atoms with van der Waals surface area (Å²) in [4.78, 5) is 4.48. The van der Waals surface area contributed by atoms with E-state index in [4.69, 9.17) is 0 Å². The van der Waals surface area contributed by atoms with Gasteiger partial charge in [-0.25, -0.2) is 0 Å². The Labute approximate surface area is 87.6 Å². The summed E-state index contributed by atoms with van der Waals surface area (Å²) >= 11 is 0. The molecule has 0 spiro atoms. The zero-order chi connectivity index (χ0) is 10.7. The summed E-state index contributed by atoms with van der Waals surface area (Å²) in [5.74, 6) is 0.586. The molecule has 0 bridgehead atoms. The van der Waals surface area contributed by atoms with Crippen LogP contribution in [0.4, 0.5) is 0 Å². The van der Waals surface area contributed by atoms with Crippen LogP contribution in [0.3, 0.4) is 0 Å². The molecule has 1 rings (SSSR count). The van der Waals surface area contributed by atoms with Crippen LogP contribution in [0.25, 0.3) is 0 Å². The Bertz CT molecular complexity index is 313. The van der Waals surface area contributed by atoms with Gasteiger partial charge in [-0.05, 0) is 42.4 Å². The van der Waals surface area contributed by atoms with Gasteiger partial charge in [0, 0.05) is 11.9 Å². The first-order valence-corrected chi connectivity index (χ1v) is 5.59. The van der Waals surface area contributed by atoms with Crippen LogP contribution in [0.1, 0.15) is 56.0 Å². The van der Waals surface area contributed by atoms with E-state index in [-0.39, 0.29) is 0 Å². The molecule has 0 aliphatic heterocycles. The highest BCUT2D eigenvalue weighted by atomic mass is 14.7. The molecule has 0 fully saturated rings. The summed E-state index contributed by atoms with van der Waals surface area (Å²) in [7, 11) is 0. The van der Waals surface area contributed by atoms with Gasteiger partial charge in [-0.15, -0.1) is 0 Å². The van der Waals surface area contributed by atoms with E-state index in [1.54, 1.807) is 0 Å². The van der Waals surface area contributed by atoms with Crippen molar-refractivity contribution in [1.29, 1.82) is 0 Å². The lowest BCUT2D eigenvalue weighted by molar-refractivity contribution is 0.817. The lowest BCUT2D eigenvalue weighted by atomic mass is 9.92. The third kappa shape index (κ3) is 1.97. The van der Waals surface area contributed by atoms with Gasteiger partial charge >= 0.3 is 0 Å². The number of hydrogen-bond acceptors (Lipinski definition) is 1. The van der Waals surface area contributed by atoms with Gasteiger partial charge in [0.05, 0.1) is 0 Å². The third-order valence-corrected chi connectivity index (χ3v) is 2.88. The van der Waals surface area contributed by atoms with Crippen LogP contribution >= 0.6 is 0 Å². The maximum atomic E-state index is 4.48. The van der Waals surface area contributed by atoms with E-state index in [0.29, 0.717) is 5.92 Å². The van der Waals surface area contributed by atoms with Gasteiger partial charge in [-0.1, -0.05) is 27.7 Å². The first kappa shape index (κ1) is 11.2. The van der Waals surface area contributed by atoms with Gasteiger partial charge in [-0.3, -0.25) is 4.98 Å². The number of aromatic nitrogens is 1. The van der Waals surface area contributed by atoms with E-state index in [9.17, 15) is 0 Å². The molecule has 0 radical (unpaired) electrons. The molecule has 0 amide bonds. The minimum absolute atomic E-state index is 0.586. The summed E-state index contributed by atoms with van der Waals surface area (Å²) in [6.45, 7) is 11.0. The highest BCUT2D eigenvalue weighted by Crippen LogP contribution is 2.24. The average molecular weight is 191 g/mol. The van der Waals surface area contributed by atoms with Crippen LogP contribution in [-0.2, 0) is 12.8 Å². The lowest BCUT2D eigenvalue weighted by Crippen LogP contribution is -2.04. The van der Waals surface area contributed by atoms with Gasteiger partial charge in [-0.2, -0.15) is 0 Å². The lowest BCUT2D eigenvalue weighted by Gasteiger charge is -2.16. The largest absolute Gasteiger partial charge is 0.261 e. The highest BCUT2D eigenvalue weighted by molar-refractivity contribution is 5.37.